The highest BCUT2D eigenvalue weighted by Gasteiger charge is 2.13. The van der Waals surface area contributed by atoms with E-state index < -0.39 is 0 Å². The van der Waals surface area contributed by atoms with Gasteiger partial charge in [-0.05, 0) is 17.7 Å². The van der Waals surface area contributed by atoms with Gasteiger partial charge >= 0.3 is 5.97 Å². The summed E-state index contributed by atoms with van der Waals surface area (Å²) in [4.78, 5) is 12.0. The fourth-order valence-electron chi connectivity index (χ4n) is 1.89. The first-order valence-electron chi connectivity index (χ1n) is 5.98. The Balaban J connectivity index is 1.77. The van der Waals surface area contributed by atoms with Crippen molar-refractivity contribution in [2.45, 2.75) is 6.61 Å². The van der Waals surface area contributed by atoms with Crippen molar-refractivity contribution in [3.05, 3.63) is 72.1 Å². The standard InChI is InChI=1S/C15H12N2O2/c18-15(19-11-12-6-2-1-3-7-12)13-10-16-17-9-5-4-8-14(13)17/h1-10H,11H2. The molecule has 1 aromatic carbocycles. The fraction of sp³-hybridized carbons (Fsp3) is 0.0667. The lowest BCUT2D eigenvalue weighted by Gasteiger charge is -2.03. The summed E-state index contributed by atoms with van der Waals surface area (Å²) in [6, 6.07) is 15.2. The van der Waals surface area contributed by atoms with E-state index in [2.05, 4.69) is 5.10 Å². The number of pyridine rings is 1. The van der Waals surface area contributed by atoms with Crippen molar-refractivity contribution >= 4 is 11.5 Å². The summed E-state index contributed by atoms with van der Waals surface area (Å²) in [6.45, 7) is 0.268. The minimum atomic E-state index is -0.356. The Hall–Kier alpha value is -2.62. The first kappa shape index (κ1) is 11.5. The highest BCUT2D eigenvalue weighted by atomic mass is 16.5. The van der Waals surface area contributed by atoms with Crippen LogP contribution in [0.25, 0.3) is 5.52 Å². The third kappa shape index (κ3) is 2.33. The second-order valence-electron chi connectivity index (χ2n) is 4.15. The quantitative estimate of drug-likeness (QED) is 0.673. The van der Waals surface area contributed by atoms with E-state index in [1.54, 1.807) is 10.7 Å². The molecule has 0 unspecified atom stereocenters. The zero-order chi connectivity index (χ0) is 13.1. The lowest BCUT2D eigenvalue weighted by molar-refractivity contribution is 0.0475. The Morgan fingerprint density at radius 3 is 2.74 bits per heavy atom. The van der Waals surface area contributed by atoms with E-state index in [4.69, 9.17) is 4.74 Å². The molecule has 94 valence electrons. The van der Waals surface area contributed by atoms with Gasteiger partial charge < -0.3 is 4.74 Å². The highest BCUT2D eigenvalue weighted by molar-refractivity contribution is 5.96. The van der Waals surface area contributed by atoms with Gasteiger partial charge in [0.15, 0.2) is 0 Å². The molecule has 19 heavy (non-hydrogen) atoms. The SMILES string of the molecule is O=C(OCc1ccccc1)c1cnn2ccccc12. The average Bonchev–Trinajstić information content (AvgIpc) is 2.90. The molecule has 2 heterocycles. The number of fused-ring (bicyclic) bond motifs is 1. The molecule has 0 atom stereocenters. The van der Waals surface area contributed by atoms with Gasteiger partial charge in [0.1, 0.15) is 12.2 Å². The fourth-order valence-corrected chi connectivity index (χ4v) is 1.89. The van der Waals surface area contributed by atoms with Gasteiger partial charge in [-0.1, -0.05) is 36.4 Å². The number of hydrogen-bond acceptors (Lipinski definition) is 3. The predicted molar refractivity (Wildman–Crippen MR) is 70.8 cm³/mol. The maximum absolute atomic E-state index is 12.0. The van der Waals surface area contributed by atoms with Gasteiger partial charge in [-0.25, -0.2) is 9.31 Å². The molecule has 3 aromatic rings. The molecular formula is C15H12N2O2. The summed E-state index contributed by atoms with van der Waals surface area (Å²) in [5, 5.41) is 4.11. The van der Waals surface area contributed by atoms with Gasteiger partial charge in [0.25, 0.3) is 0 Å². The van der Waals surface area contributed by atoms with Gasteiger partial charge in [0.05, 0.1) is 11.7 Å². The van der Waals surface area contributed by atoms with E-state index in [9.17, 15) is 4.79 Å². The van der Waals surface area contributed by atoms with Crippen LogP contribution in [0.4, 0.5) is 0 Å². The van der Waals surface area contributed by atoms with Crippen LogP contribution in [0, 0.1) is 0 Å². The first-order valence-corrected chi connectivity index (χ1v) is 5.98. The molecule has 0 aliphatic heterocycles. The third-order valence-corrected chi connectivity index (χ3v) is 2.86. The summed E-state index contributed by atoms with van der Waals surface area (Å²) < 4.78 is 6.94. The zero-order valence-electron chi connectivity index (χ0n) is 10.2. The van der Waals surface area contributed by atoms with E-state index >= 15 is 0 Å². The molecule has 0 aliphatic carbocycles. The van der Waals surface area contributed by atoms with Crippen molar-refractivity contribution < 1.29 is 9.53 Å². The minimum absolute atomic E-state index is 0.268. The number of rotatable bonds is 3. The molecule has 4 nitrogen and oxygen atoms in total. The molecule has 0 saturated heterocycles. The van der Waals surface area contributed by atoms with E-state index in [0.29, 0.717) is 5.56 Å². The highest BCUT2D eigenvalue weighted by Crippen LogP contribution is 2.12. The molecule has 0 amide bonds. The Morgan fingerprint density at radius 2 is 1.89 bits per heavy atom. The maximum Gasteiger partial charge on any atom is 0.342 e. The number of esters is 1. The van der Waals surface area contributed by atoms with Crippen LogP contribution in [-0.2, 0) is 11.3 Å². The maximum atomic E-state index is 12.0. The number of aromatic nitrogens is 2. The number of carbonyl (C=O) groups excluding carboxylic acids is 1. The Bertz CT molecular complexity index is 704. The van der Waals surface area contributed by atoms with Crippen LogP contribution in [-0.4, -0.2) is 15.6 Å². The zero-order valence-corrected chi connectivity index (χ0v) is 10.2. The van der Waals surface area contributed by atoms with Crippen LogP contribution in [0.1, 0.15) is 15.9 Å². The van der Waals surface area contributed by atoms with Crippen LogP contribution in [0.3, 0.4) is 0 Å². The number of benzene rings is 1. The number of ether oxygens (including phenoxy) is 1. The van der Waals surface area contributed by atoms with Crippen molar-refractivity contribution in [2.75, 3.05) is 0 Å². The Kier molecular flexibility index (Phi) is 2.98. The second kappa shape index (κ2) is 4.94. The van der Waals surface area contributed by atoms with Gasteiger partial charge in [-0.3, -0.25) is 0 Å². The van der Waals surface area contributed by atoms with Gasteiger partial charge in [0, 0.05) is 6.20 Å². The molecule has 0 radical (unpaired) electrons. The van der Waals surface area contributed by atoms with E-state index in [1.807, 2.05) is 48.5 Å². The van der Waals surface area contributed by atoms with Crippen LogP contribution < -0.4 is 0 Å². The van der Waals surface area contributed by atoms with Crippen molar-refractivity contribution in [1.82, 2.24) is 9.61 Å². The summed E-state index contributed by atoms with van der Waals surface area (Å²) in [6.07, 6.45) is 3.33. The van der Waals surface area contributed by atoms with Gasteiger partial charge in [-0.2, -0.15) is 5.10 Å². The summed E-state index contributed by atoms with van der Waals surface area (Å²) in [5.74, 6) is -0.356. The topological polar surface area (TPSA) is 43.6 Å². The van der Waals surface area contributed by atoms with Crippen LogP contribution in [0.2, 0.25) is 0 Å². The number of nitrogens with zero attached hydrogens (tertiary/aromatic N) is 2. The molecule has 0 fully saturated rings. The lowest BCUT2D eigenvalue weighted by Crippen LogP contribution is -2.04. The average molecular weight is 252 g/mol. The molecule has 0 N–H and O–H groups in total. The number of carbonyl (C=O) groups is 1. The monoisotopic (exact) mass is 252 g/mol. The first-order chi connectivity index (χ1) is 9.34. The normalized spacial score (nSPS) is 10.5. The summed E-state index contributed by atoms with van der Waals surface area (Å²) >= 11 is 0. The molecule has 3 rings (SSSR count). The van der Waals surface area contributed by atoms with Crippen molar-refractivity contribution in [1.29, 1.82) is 0 Å². The molecule has 2 aromatic heterocycles. The Morgan fingerprint density at radius 1 is 1.11 bits per heavy atom. The summed E-state index contributed by atoms with van der Waals surface area (Å²) in [7, 11) is 0. The number of hydrogen-bond donors (Lipinski definition) is 0. The Labute approximate surface area is 110 Å². The van der Waals surface area contributed by atoms with E-state index in [-0.39, 0.29) is 12.6 Å². The third-order valence-electron chi connectivity index (χ3n) is 2.86. The van der Waals surface area contributed by atoms with Crippen molar-refractivity contribution in [3.8, 4) is 0 Å². The molecule has 0 saturated carbocycles. The van der Waals surface area contributed by atoms with Crippen LogP contribution in [0.15, 0.2) is 60.9 Å². The smallest absolute Gasteiger partial charge is 0.342 e. The van der Waals surface area contributed by atoms with Crippen molar-refractivity contribution in [3.63, 3.8) is 0 Å². The van der Waals surface area contributed by atoms with E-state index in [1.165, 1.54) is 6.20 Å². The van der Waals surface area contributed by atoms with Gasteiger partial charge in [-0.15, -0.1) is 0 Å². The molecule has 0 spiro atoms. The lowest BCUT2D eigenvalue weighted by atomic mass is 10.2. The van der Waals surface area contributed by atoms with Crippen LogP contribution >= 0.6 is 0 Å². The predicted octanol–water partition coefficient (Wildman–Crippen LogP) is 2.69. The summed E-state index contributed by atoms with van der Waals surface area (Å²) in [5.41, 5.74) is 2.20. The van der Waals surface area contributed by atoms with E-state index in [0.717, 1.165) is 11.1 Å². The largest absolute Gasteiger partial charge is 0.457 e. The molecular weight excluding hydrogens is 240 g/mol. The second-order valence-corrected chi connectivity index (χ2v) is 4.15. The minimum Gasteiger partial charge on any atom is -0.457 e. The molecule has 4 heteroatoms. The van der Waals surface area contributed by atoms with Gasteiger partial charge in [0.2, 0.25) is 0 Å². The van der Waals surface area contributed by atoms with Crippen LogP contribution in [0.5, 0.6) is 0 Å². The van der Waals surface area contributed by atoms with Crippen molar-refractivity contribution in [2.24, 2.45) is 0 Å². The molecule has 0 aliphatic rings. The molecule has 0 bridgehead atoms.